The Labute approximate surface area is 176 Å². The maximum absolute atomic E-state index is 12.9. The summed E-state index contributed by atoms with van der Waals surface area (Å²) >= 11 is 11.1. The molecule has 0 radical (unpaired) electrons. The van der Waals surface area contributed by atoms with Crippen LogP contribution in [0.5, 0.6) is 5.75 Å². The summed E-state index contributed by atoms with van der Waals surface area (Å²) in [6.45, 7) is 1.41. The Hall–Kier alpha value is -3.23. The molecule has 2 aromatic rings. The first-order valence-corrected chi connectivity index (χ1v) is 9.21. The van der Waals surface area contributed by atoms with Gasteiger partial charge in [-0.05, 0) is 61.1 Å². The number of halogens is 1. The van der Waals surface area contributed by atoms with Crippen LogP contribution in [0.25, 0.3) is 6.08 Å². The van der Waals surface area contributed by atoms with Crippen molar-refractivity contribution in [2.45, 2.75) is 13.0 Å². The number of ether oxygens (including phenoxy) is 1. The number of anilines is 1. The molecule has 1 heterocycles. The van der Waals surface area contributed by atoms with Crippen LogP contribution in [-0.4, -0.2) is 34.1 Å². The second-order valence-electron chi connectivity index (χ2n) is 6.11. The summed E-state index contributed by atoms with van der Waals surface area (Å²) in [7, 11) is 0. The first-order valence-electron chi connectivity index (χ1n) is 8.43. The Morgan fingerprint density at radius 3 is 2.55 bits per heavy atom. The standard InChI is InChI=1S/C20H15ClN2O5S/c1-11(19(26)27)28-15-7-5-12(6-8-15)9-16-17(24)22-20(29)23(18(16)25)14-4-2-3-13(21)10-14/h2-11H,1H3,(H,26,27)(H,22,24,29)/b16-9-. The molecule has 1 fully saturated rings. The smallest absolute Gasteiger partial charge is 0.344 e. The van der Waals surface area contributed by atoms with Crippen molar-refractivity contribution >= 4 is 58.5 Å². The first kappa shape index (κ1) is 20.5. The Kier molecular flexibility index (Phi) is 5.95. The number of hydrogen-bond acceptors (Lipinski definition) is 5. The van der Waals surface area contributed by atoms with Crippen molar-refractivity contribution in [3.05, 3.63) is 64.7 Å². The predicted octanol–water partition coefficient (Wildman–Crippen LogP) is 3.02. The maximum Gasteiger partial charge on any atom is 0.344 e. The Morgan fingerprint density at radius 1 is 1.24 bits per heavy atom. The van der Waals surface area contributed by atoms with Crippen molar-refractivity contribution in [1.82, 2.24) is 5.32 Å². The van der Waals surface area contributed by atoms with Crippen LogP contribution in [0, 0.1) is 0 Å². The molecule has 29 heavy (non-hydrogen) atoms. The third-order valence-corrected chi connectivity index (χ3v) is 4.54. The molecule has 1 saturated heterocycles. The third-order valence-electron chi connectivity index (χ3n) is 4.02. The molecule has 9 heteroatoms. The monoisotopic (exact) mass is 430 g/mol. The number of carbonyl (C=O) groups excluding carboxylic acids is 2. The molecular weight excluding hydrogens is 416 g/mol. The van der Waals surface area contributed by atoms with E-state index < -0.39 is 23.9 Å². The highest BCUT2D eigenvalue weighted by Crippen LogP contribution is 2.25. The van der Waals surface area contributed by atoms with Gasteiger partial charge in [0.2, 0.25) is 0 Å². The molecule has 3 rings (SSSR count). The van der Waals surface area contributed by atoms with E-state index in [-0.39, 0.29) is 10.7 Å². The van der Waals surface area contributed by atoms with Crippen LogP contribution in [0.4, 0.5) is 5.69 Å². The van der Waals surface area contributed by atoms with E-state index in [9.17, 15) is 14.4 Å². The molecule has 1 aliphatic heterocycles. The van der Waals surface area contributed by atoms with Gasteiger partial charge >= 0.3 is 5.97 Å². The topological polar surface area (TPSA) is 95.9 Å². The fraction of sp³-hybridized carbons (Fsp3) is 0.100. The molecule has 1 aliphatic rings. The van der Waals surface area contributed by atoms with Gasteiger partial charge in [0, 0.05) is 5.02 Å². The van der Waals surface area contributed by atoms with Crippen LogP contribution in [0.15, 0.2) is 54.1 Å². The summed E-state index contributed by atoms with van der Waals surface area (Å²) in [5, 5.41) is 11.8. The van der Waals surface area contributed by atoms with Gasteiger partial charge in [0.1, 0.15) is 11.3 Å². The fourth-order valence-corrected chi connectivity index (χ4v) is 3.04. The van der Waals surface area contributed by atoms with Gasteiger partial charge in [0.25, 0.3) is 11.8 Å². The van der Waals surface area contributed by atoms with Gasteiger partial charge in [0.05, 0.1) is 5.69 Å². The van der Waals surface area contributed by atoms with Crippen molar-refractivity contribution in [2.24, 2.45) is 0 Å². The molecule has 1 unspecified atom stereocenters. The summed E-state index contributed by atoms with van der Waals surface area (Å²) in [6.07, 6.45) is 0.415. The first-order chi connectivity index (χ1) is 13.8. The molecule has 0 bridgehead atoms. The van der Waals surface area contributed by atoms with E-state index >= 15 is 0 Å². The summed E-state index contributed by atoms with van der Waals surface area (Å²) in [4.78, 5) is 37.3. The van der Waals surface area contributed by atoms with Crippen LogP contribution in [0.1, 0.15) is 12.5 Å². The van der Waals surface area contributed by atoms with Gasteiger partial charge in [-0.25, -0.2) is 4.79 Å². The number of benzene rings is 2. The molecule has 0 saturated carbocycles. The van der Waals surface area contributed by atoms with Gasteiger partial charge in [0.15, 0.2) is 11.2 Å². The molecule has 0 aliphatic carbocycles. The summed E-state index contributed by atoms with van der Waals surface area (Å²) < 4.78 is 5.26. The van der Waals surface area contributed by atoms with Gasteiger partial charge in [-0.1, -0.05) is 29.8 Å². The minimum Gasteiger partial charge on any atom is -0.479 e. The van der Waals surface area contributed by atoms with Crippen LogP contribution in [-0.2, 0) is 14.4 Å². The van der Waals surface area contributed by atoms with E-state index in [0.717, 1.165) is 0 Å². The molecule has 0 spiro atoms. The van der Waals surface area contributed by atoms with E-state index in [0.29, 0.717) is 22.0 Å². The number of carboxylic acid groups (broad SMARTS) is 1. The number of hydrogen-bond donors (Lipinski definition) is 2. The molecule has 1 atom stereocenters. The predicted molar refractivity (Wildman–Crippen MR) is 112 cm³/mol. The molecule has 2 N–H and O–H groups in total. The highest BCUT2D eigenvalue weighted by molar-refractivity contribution is 7.80. The third kappa shape index (κ3) is 4.61. The number of thiocarbonyl (C=S) groups is 1. The van der Waals surface area contributed by atoms with Crippen molar-refractivity contribution in [1.29, 1.82) is 0 Å². The lowest BCUT2D eigenvalue weighted by atomic mass is 10.1. The normalized spacial score (nSPS) is 16.6. The van der Waals surface area contributed by atoms with Crippen LogP contribution >= 0.6 is 23.8 Å². The zero-order valence-electron chi connectivity index (χ0n) is 15.1. The number of amides is 2. The lowest BCUT2D eigenvalue weighted by molar-refractivity contribution is -0.144. The van der Waals surface area contributed by atoms with Gasteiger partial charge < -0.3 is 9.84 Å². The Bertz CT molecular complexity index is 1040. The summed E-state index contributed by atoms with van der Waals surface area (Å²) in [6, 6.07) is 12.9. The number of carboxylic acids is 1. The summed E-state index contributed by atoms with van der Waals surface area (Å²) in [5.74, 6) is -1.93. The van der Waals surface area contributed by atoms with Crippen LogP contribution in [0.2, 0.25) is 5.02 Å². The summed E-state index contributed by atoms with van der Waals surface area (Å²) in [5.41, 5.74) is 0.883. The van der Waals surface area contributed by atoms with Crippen molar-refractivity contribution in [2.75, 3.05) is 4.90 Å². The number of aliphatic carboxylic acids is 1. The van der Waals surface area contributed by atoms with Crippen molar-refractivity contribution in [3.8, 4) is 5.75 Å². The second kappa shape index (κ2) is 8.42. The Balaban J connectivity index is 1.87. The van der Waals surface area contributed by atoms with E-state index in [1.54, 1.807) is 48.5 Å². The number of nitrogens with one attached hydrogen (secondary N) is 1. The highest BCUT2D eigenvalue weighted by atomic mass is 35.5. The second-order valence-corrected chi connectivity index (χ2v) is 6.93. The largest absolute Gasteiger partial charge is 0.479 e. The van der Waals surface area contributed by atoms with Crippen LogP contribution < -0.4 is 15.0 Å². The fourth-order valence-electron chi connectivity index (χ4n) is 2.57. The van der Waals surface area contributed by atoms with E-state index in [1.807, 2.05) is 0 Å². The number of nitrogens with zero attached hydrogens (tertiary/aromatic N) is 1. The zero-order valence-corrected chi connectivity index (χ0v) is 16.7. The highest BCUT2D eigenvalue weighted by Gasteiger charge is 2.34. The minimum absolute atomic E-state index is 0.0363. The number of carbonyl (C=O) groups is 3. The lowest BCUT2D eigenvalue weighted by Gasteiger charge is -2.29. The van der Waals surface area contributed by atoms with Crippen molar-refractivity contribution in [3.63, 3.8) is 0 Å². The van der Waals surface area contributed by atoms with Gasteiger partial charge in [-0.3, -0.25) is 19.8 Å². The number of rotatable bonds is 5. The zero-order chi connectivity index (χ0) is 21.1. The van der Waals surface area contributed by atoms with E-state index in [2.05, 4.69) is 5.32 Å². The molecule has 2 aromatic carbocycles. The molecule has 2 amide bonds. The Morgan fingerprint density at radius 2 is 1.93 bits per heavy atom. The lowest BCUT2D eigenvalue weighted by Crippen LogP contribution is -2.54. The van der Waals surface area contributed by atoms with E-state index in [1.165, 1.54) is 17.9 Å². The molecule has 148 valence electrons. The maximum atomic E-state index is 12.9. The van der Waals surface area contributed by atoms with Gasteiger partial charge in [-0.15, -0.1) is 0 Å². The van der Waals surface area contributed by atoms with Crippen LogP contribution in [0.3, 0.4) is 0 Å². The SMILES string of the molecule is CC(Oc1ccc(/C=C2/C(=O)NC(=S)N(c3cccc(Cl)c3)C2=O)cc1)C(=O)O. The molecule has 7 nitrogen and oxygen atoms in total. The minimum atomic E-state index is -1.09. The molecule has 0 aromatic heterocycles. The molecular formula is C20H15ClN2O5S. The van der Waals surface area contributed by atoms with E-state index in [4.69, 9.17) is 33.7 Å². The average Bonchev–Trinajstić information content (AvgIpc) is 2.66. The quantitative estimate of drug-likeness (QED) is 0.430. The van der Waals surface area contributed by atoms with Crippen molar-refractivity contribution < 1.29 is 24.2 Å². The van der Waals surface area contributed by atoms with Gasteiger partial charge in [-0.2, -0.15) is 0 Å². The average molecular weight is 431 g/mol.